The summed E-state index contributed by atoms with van der Waals surface area (Å²) in [6.45, 7) is 3.71. The highest BCUT2D eigenvalue weighted by Crippen LogP contribution is 2.30. The van der Waals surface area contributed by atoms with Gasteiger partial charge in [0.15, 0.2) is 0 Å². The number of aromatic amines is 1. The molecule has 0 radical (unpaired) electrons. The molecule has 0 spiro atoms. The third-order valence-electron chi connectivity index (χ3n) is 3.20. The van der Waals surface area contributed by atoms with Gasteiger partial charge < -0.3 is 10.1 Å². The number of hydrogen-bond donors (Lipinski definition) is 2. The van der Waals surface area contributed by atoms with E-state index in [2.05, 4.69) is 15.5 Å². The Labute approximate surface area is 83.0 Å². The van der Waals surface area contributed by atoms with Crippen LogP contribution in [0.15, 0.2) is 0 Å². The molecular formula is C10H15N3O. The average molecular weight is 193 g/mol. The van der Waals surface area contributed by atoms with Gasteiger partial charge in [-0.15, -0.1) is 0 Å². The Morgan fingerprint density at radius 2 is 2.07 bits per heavy atom. The van der Waals surface area contributed by atoms with E-state index in [-0.39, 0.29) is 0 Å². The van der Waals surface area contributed by atoms with Crippen molar-refractivity contribution < 1.29 is 4.74 Å². The molecule has 0 aliphatic carbocycles. The van der Waals surface area contributed by atoms with Crippen molar-refractivity contribution in [3.8, 4) is 0 Å². The van der Waals surface area contributed by atoms with Crippen molar-refractivity contribution in [2.45, 2.75) is 31.8 Å². The van der Waals surface area contributed by atoms with Crippen LogP contribution in [0.4, 0.5) is 0 Å². The smallest absolute Gasteiger partial charge is 0.0703 e. The molecule has 0 saturated carbocycles. The van der Waals surface area contributed by atoms with E-state index in [0.717, 1.165) is 39.1 Å². The second-order valence-electron chi connectivity index (χ2n) is 4.06. The Kier molecular flexibility index (Phi) is 2.03. The molecule has 0 bridgehead atoms. The van der Waals surface area contributed by atoms with Crippen LogP contribution in [0, 0.1) is 0 Å². The van der Waals surface area contributed by atoms with Gasteiger partial charge in [-0.2, -0.15) is 5.10 Å². The zero-order valence-corrected chi connectivity index (χ0v) is 8.18. The molecule has 1 fully saturated rings. The predicted molar refractivity (Wildman–Crippen MR) is 51.9 cm³/mol. The summed E-state index contributed by atoms with van der Waals surface area (Å²) in [7, 11) is 0. The Morgan fingerprint density at radius 1 is 1.21 bits per heavy atom. The first kappa shape index (κ1) is 8.44. The minimum absolute atomic E-state index is 0.614. The van der Waals surface area contributed by atoms with Crippen LogP contribution >= 0.6 is 0 Å². The van der Waals surface area contributed by atoms with Crippen LogP contribution in [0.5, 0.6) is 0 Å². The lowest BCUT2D eigenvalue weighted by atomic mass is 9.93. The average Bonchev–Trinajstić information content (AvgIpc) is 2.79. The quantitative estimate of drug-likeness (QED) is 0.697. The number of nitrogens with one attached hydrogen (secondary N) is 2. The molecule has 0 amide bonds. The first-order chi connectivity index (χ1) is 6.95. The van der Waals surface area contributed by atoms with Gasteiger partial charge in [0.05, 0.1) is 11.4 Å². The first-order valence-electron chi connectivity index (χ1n) is 5.29. The van der Waals surface area contributed by atoms with Crippen molar-refractivity contribution in [3.63, 3.8) is 0 Å². The fraction of sp³-hybridized carbons (Fsp3) is 0.700. The van der Waals surface area contributed by atoms with Crippen LogP contribution in [0.3, 0.4) is 0 Å². The lowest BCUT2D eigenvalue weighted by Gasteiger charge is -2.20. The van der Waals surface area contributed by atoms with Crippen molar-refractivity contribution in [1.82, 2.24) is 15.5 Å². The number of nitrogens with zero attached hydrogens (tertiary/aromatic N) is 1. The molecule has 1 aromatic rings. The van der Waals surface area contributed by atoms with E-state index in [4.69, 9.17) is 4.74 Å². The Balaban J connectivity index is 1.88. The fourth-order valence-electron chi connectivity index (χ4n) is 2.38. The summed E-state index contributed by atoms with van der Waals surface area (Å²) < 4.78 is 5.36. The maximum Gasteiger partial charge on any atom is 0.0703 e. The Hall–Kier alpha value is -0.870. The SMILES string of the molecule is C1CC(c2n[nH]c3c2CNC3)CCO1. The van der Waals surface area contributed by atoms with Gasteiger partial charge in [-0.25, -0.2) is 0 Å². The summed E-state index contributed by atoms with van der Waals surface area (Å²) >= 11 is 0. The third kappa shape index (κ3) is 1.26. The summed E-state index contributed by atoms with van der Waals surface area (Å²) in [5.74, 6) is 0.614. The lowest BCUT2D eigenvalue weighted by Crippen LogP contribution is -2.16. The molecule has 76 valence electrons. The summed E-state index contributed by atoms with van der Waals surface area (Å²) in [5, 5.41) is 10.9. The van der Waals surface area contributed by atoms with Crippen molar-refractivity contribution in [1.29, 1.82) is 0 Å². The number of H-pyrrole nitrogens is 1. The summed E-state index contributed by atoms with van der Waals surface area (Å²) in [5.41, 5.74) is 3.98. The van der Waals surface area contributed by atoms with Gasteiger partial charge in [0.25, 0.3) is 0 Å². The van der Waals surface area contributed by atoms with Gasteiger partial charge in [-0.3, -0.25) is 5.10 Å². The minimum Gasteiger partial charge on any atom is -0.381 e. The van der Waals surface area contributed by atoms with Crippen LogP contribution in [0.2, 0.25) is 0 Å². The van der Waals surface area contributed by atoms with Gasteiger partial charge in [-0.1, -0.05) is 0 Å². The van der Waals surface area contributed by atoms with Crippen LogP contribution < -0.4 is 5.32 Å². The van der Waals surface area contributed by atoms with Crippen LogP contribution in [0.1, 0.15) is 35.7 Å². The molecule has 1 saturated heterocycles. The van der Waals surface area contributed by atoms with E-state index in [0.29, 0.717) is 5.92 Å². The molecule has 0 unspecified atom stereocenters. The van der Waals surface area contributed by atoms with Crippen LogP contribution in [-0.2, 0) is 17.8 Å². The van der Waals surface area contributed by atoms with E-state index in [1.165, 1.54) is 17.0 Å². The number of hydrogen-bond acceptors (Lipinski definition) is 3. The summed E-state index contributed by atoms with van der Waals surface area (Å²) in [6.07, 6.45) is 2.24. The summed E-state index contributed by atoms with van der Waals surface area (Å²) in [4.78, 5) is 0. The van der Waals surface area contributed by atoms with E-state index in [1.54, 1.807) is 0 Å². The van der Waals surface area contributed by atoms with Crippen LogP contribution in [-0.4, -0.2) is 23.4 Å². The van der Waals surface area contributed by atoms with E-state index < -0.39 is 0 Å². The highest BCUT2D eigenvalue weighted by atomic mass is 16.5. The van der Waals surface area contributed by atoms with Gasteiger partial charge >= 0.3 is 0 Å². The summed E-state index contributed by atoms with van der Waals surface area (Å²) in [6, 6.07) is 0. The molecule has 2 N–H and O–H groups in total. The van der Waals surface area contributed by atoms with Crippen molar-refractivity contribution in [3.05, 3.63) is 17.0 Å². The second-order valence-corrected chi connectivity index (χ2v) is 4.06. The molecule has 2 aliphatic rings. The first-order valence-corrected chi connectivity index (χ1v) is 5.29. The Bertz CT molecular complexity index is 328. The molecule has 4 nitrogen and oxygen atoms in total. The molecule has 14 heavy (non-hydrogen) atoms. The van der Waals surface area contributed by atoms with Crippen molar-refractivity contribution in [2.24, 2.45) is 0 Å². The topological polar surface area (TPSA) is 49.9 Å². The number of rotatable bonds is 1. The second kappa shape index (κ2) is 3.37. The Morgan fingerprint density at radius 3 is 2.93 bits per heavy atom. The predicted octanol–water partition coefficient (Wildman–Crippen LogP) is 0.907. The molecule has 4 heteroatoms. The van der Waals surface area contributed by atoms with Gasteiger partial charge in [0.2, 0.25) is 0 Å². The van der Waals surface area contributed by atoms with Gasteiger partial charge in [0, 0.05) is 37.8 Å². The molecular weight excluding hydrogens is 178 g/mol. The van der Waals surface area contributed by atoms with Crippen molar-refractivity contribution in [2.75, 3.05) is 13.2 Å². The van der Waals surface area contributed by atoms with E-state index in [1.807, 2.05) is 0 Å². The van der Waals surface area contributed by atoms with Gasteiger partial charge in [-0.05, 0) is 12.8 Å². The molecule has 2 aliphatic heterocycles. The zero-order chi connectivity index (χ0) is 9.38. The lowest BCUT2D eigenvalue weighted by molar-refractivity contribution is 0.0843. The molecule has 0 atom stereocenters. The largest absolute Gasteiger partial charge is 0.381 e. The van der Waals surface area contributed by atoms with Crippen molar-refractivity contribution >= 4 is 0 Å². The highest BCUT2D eigenvalue weighted by Gasteiger charge is 2.25. The zero-order valence-electron chi connectivity index (χ0n) is 8.18. The van der Waals surface area contributed by atoms with Gasteiger partial charge in [0.1, 0.15) is 0 Å². The standard InChI is InChI=1S/C10H15N3O/c1-3-14-4-2-7(1)10-8-5-11-6-9(8)12-13-10/h7,11H,1-6H2,(H,12,13). The number of fused-ring (bicyclic) bond motifs is 1. The fourth-order valence-corrected chi connectivity index (χ4v) is 2.38. The molecule has 3 rings (SSSR count). The van der Waals surface area contributed by atoms with E-state index in [9.17, 15) is 0 Å². The monoisotopic (exact) mass is 193 g/mol. The third-order valence-corrected chi connectivity index (χ3v) is 3.20. The maximum absolute atomic E-state index is 5.36. The number of aromatic nitrogens is 2. The van der Waals surface area contributed by atoms with E-state index >= 15 is 0 Å². The number of ether oxygens (including phenoxy) is 1. The molecule has 3 heterocycles. The highest BCUT2D eigenvalue weighted by molar-refractivity contribution is 5.31. The minimum atomic E-state index is 0.614. The molecule has 0 aromatic carbocycles. The normalized spacial score (nSPS) is 22.6. The van der Waals surface area contributed by atoms with Crippen LogP contribution in [0.25, 0.3) is 0 Å². The molecule has 1 aromatic heterocycles. The maximum atomic E-state index is 5.36.